The van der Waals surface area contributed by atoms with Gasteiger partial charge >= 0.3 is 0 Å². The van der Waals surface area contributed by atoms with Crippen LogP contribution in [0.25, 0.3) is 0 Å². The minimum atomic E-state index is -0.345. The number of amides is 1. The van der Waals surface area contributed by atoms with Crippen LogP contribution in [0.1, 0.15) is 23.6 Å². The van der Waals surface area contributed by atoms with E-state index in [-0.39, 0.29) is 17.7 Å². The minimum Gasteiger partial charge on any atom is -0.486 e. The number of fused-ring (bicyclic) bond motifs is 1. The maximum Gasteiger partial charge on any atom is 0.224 e. The largest absolute Gasteiger partial charge is 0.486 e. The molecule has 0 aromatic heterocycles. The van der Waals surface area contributed by atoms with Crippen LogP contribution in [0.2, 0.25) is 5.02 Å². The molecule has 0 unspecified atom stereocenters. The zero-order valence-corrected chi connectivity index (χ0v) is 17.6. The zero-order valence-electron chi connectivity index (χ0n) is 16.9. The van der Waals surface area contributed by atoms with Gasteiger partial charge in [-0.25, -0.2) is 0 Å². The molecule has 0 saturated carbocycles. The van der Waals surface area contributed by atoms with Crippen LogP contribution in [-0.4, -0.2) is 25.7 Å². The Balaban J connectivity index is 1.50. The minimum absolute atomic E-state index is 0.0687. The lowest BCUT2D eigenvalue weighted by Gasteiger charge is -2.31. The lowest BCUT2D eigenvalue weighted by molar-refractivity contribution is -0.120. The molecule has 4 nitrogen and oxygen atoms in total. The van der Waals surface area contributed by atoms with Crippen molar-refractivity contribution in [3.8, 4) is 11.5 Å². The number of carbonyl (C=O) groups is 1. The van der Waals surface area contributed by atoms with Gasteiger partial charge in [0.05, 0.1) is 11.4 Å². The van der Waals surface area contributed by atoms with Gasteiger partial charge in [-0.2, -0.15) is 0 Å². The molecule has 3 aromatic carbocycles. The second kappa shape index (κ2) is 8.80. The quantitative estimate of drug-likeness (QED) is 0.623. The number of benzene rings is 3. The number of ether oxygens (including phenoxy) is 2. The monoisotopic (exact) mass is 421 g/mol. The Hall–Kier alpha value is -2.98. The maximum absolute atomic E-state index is 12.8. The summed E-state index contributed by atoms with van der Waals surface area (Å²) in [6, 6.07) is 24.1. The Kier molecular flexibility index (Phi) is 5.96. The van der Waals surface area contributed by atoms with E-state index < -0.39 is 0 Å². The van der Waals surface area contributed by atoms with Crippen molar-refractivity contribution < 1.29 is 14.3 Å². The smallest absolute Gasteiger partial charge is 0.224 e. The second-order valence-electron chi connectivity index (χ2n) is 7.62. The van der Waals surface area contributed by atoms with E-state index in [2.05, 4.69) is 36.5 Å². The van der Waals surface area contributed by atoms with Gasteiger partial charge in [-0.3, -0.25) is 4.79 Å². The Morgan fingerprint density at radius 2 is 1.57 bits per heavy atom. The van der Waals surface area contributed by atoms with Gasteiger partial charge in [0.2, 0.25) is 5.91 Å². The van der Waals surface area contributed by atoms with Crippen LogP contribution in [0.5, 0.6) is 11.5 Å². The van der Waals surface area contributed by atoms with Gasteiger partial charge in [0.25, 0.3) is 0 Å². The third-order valence-electron chi connectivity index (χ3n) is 5.48. The van der Waals surface area contributed by atoms with Crippen molar-refractivity contribution in [3.05, 3.63) is 94.5 Å². The highest BCUT2D eigenvalue weighted by atomic mass is 35.5. The number of carbonyl (C=O) groups excluding carboxylic acids is 1. The average molecular weight is 422 g/mol. The number of hydrogen-bond donors (Lipinski definition) is 1. The molecule has 0 saturated heterocycles. The molecule has 0 bridgehead atoms. The highest BCUT2D eigenvalue weighted by Gasteiger charge is 2.29. The SMILES string of the molecule is CC(CNC(=O)Cc1cc(Cl)c2c(c1)OCCO2)(c1ccccc1)c1ccccc1. The molecule has 1 aliphatic heterocycles. The summed E-state index contributed by atoms with van der Waals surface area (Å²) in [5, 5.41) is 3.58. The van der Waals surface area contributed by atoms with Crippen LogP contribution in [0.4, 0.5) is 0 Å². The highest BCUT2D eigenvalue weighted by molar-refractivity contribution is 6.32. The summed E-state index contributed by atoms with van der Waals surface area (Å²) in [6.07, 6.45) is 0.218. The summed E-state index contributed by atoms with van der Waals surface area (Å²) in [7, 11) is 0. The average Bonchev–Trinajstić information content (AvgIpc) is 2.79. The van der Waals surface area contributed by atoms with Gasteiger partial charge in [-0.1, -0.05) is 72.3 Å². The number of nitrogens with one attached hydrogen (secondary N) is 1. The Morgan fingerprint density at radius 1 is 0.967 bits per heavy atom. The first-order valence-corrected chi connectivity index (χ1v) is 10.4. The molecular formula is C25H24ClNO3. The summed E-state index contributed by atoms with van der Waals surface area (Å²) in [5.41, 5.74) is 2.75. The van der Waals surface area contributed by atoms with E-state index in [9.17, 15) is 4.79 Å². The predicted octanol–water partition coefficient (Wildman–Crippen LogP) is 4.78. The maximum atomic E-state index is 12.8. The van der Waals surface area contributed by atoms with Crippen LogP contribution in [0.3, 0.4) is 0 Å². The summed E-state index contributed by atoms with van der Waals surface area (Å²) in [6.45, 7) is 3.59. The van der Waals surface area contributed by atoms with Crippen molar-refractivity contribution in [2.75, 3.05) is 19.8 Å². The number of hydrogen-bond acceptors (Lipinski definition) is 3. The molecule has 0 fully saturated rings. The molecular weight excluding hydrogens is 398 g/mol. The lowest BCUT2D eigenvalue weighted by atomic mass is 9.76. The molecule has 0 atom stereocenters. The van der Waals surface area contributed by atoms with Crippen LogP contribution in [0, 0.1) is 0 Å². The third-order valence-corrected chi connectivity index (χ3v) is 5.76. The van der Waals surface area contributed by atoms with Crippen LogP contribution < -0.4 is 14.8 Å². The van der Waals surface area contributed by atoms with E-state index in [1.807, 2.05) is 42.5 Å². The molecule has 4 rings (SSSR count). The fourth-order valence-corrected chi connectivity index (χ4v) is 4.06. The van der Waals surface area contributed by atoms with Crippen molar-refractivity contribution in [1.82, 2.24) is 5.32 Å². The molecule has 1 aliphatic rings. The van der Waals surface area contributed by atoms with Gasteiger partial charge in [0.1, 0.15) is 13.2 Å². The van der Waals surface area contributed by atoms with E-state index in [0.717, 1.165) is 16.7 Å². The van der Waals surface area contributed by atoms with Gasteiger partial charge in [0, 0.05) is 12.0 Å². The zero-order chi connectivity index (χ0) is 21.0. The fourth-order valence-electron chi connectivity index (χ4n) is 3.77. The number of halogens is 1. The second-order valence-corrected chi connectivity index (χ2v) is 8.03. The fraction of sp³-hybridized carbons (Fsp3) is 0.240. The van der Waals surface area contributed by atoms with Crippen molar-refractivity contribution in [1.29, 1.82) is 0 Å². The van der Waals surface area contributed by atoms with Crippen molar-refractivity contribution in [3.63, 3.8) is 0 Å². The van der Waals surface area contributed by atoms with E-state index in [4.69, 9.17) is 21.1 Å². The van der Waals surface area contributed by atoms with Crippen molar-refractivity contribution >= 4 is 17.5 Å². The molecule has 154 valence electrons. The summed E-state index contributed by atoms with van der Waals surface area (Å²) in [4.78, 5) is 12.8. The highest BCUT2D eigenvalue weighted by Crippen LogP contribution is 2.38. The van der Waals surface area contributed by atoms with Crippen molar-refractivity contribution in [2.45, 2.75) is 18.8 Å². The first kappa shape index (κ1) is 20.3. The van der Waals surface area contributed by atoms with Crippen LogP contribution in [0.15, 0.2) is 72.8 Å². The first-order valence-electron chi connectivity index (χ1n) is 10.0. The topological polar surface area (TPSA) is 47.6 Å². The Morgan fingerprint density at radius 3 is 2.20 bits per heavy atom. The summed E-state index contributed by atoms with van der Waals surface area (Å²) in [5.74, 6) is 1.07. The van der Waals surface area contributed by atoms with Crippen LogP contribution in [-0.2, 0) is 16.6 Å². The molecule has 1 amide bonds. The van der Waals surface area contributed by atoms with Crippen molar-refractivity contribution in [2.24, 2.45) is 0 Å². The molecule has 1 heterocycles. The normalized spacial score (nSPS) is 13.0. The van der Waals surface area contributed by atoms with E-state index in [1.54, 1.807) is 6.07 Å². The Labute approximate surface area is 181 Å². The predicted molar refractivity (Wildman–Crippen MR) is 118 cm³/mol. The Bertz CT molecular complexity index is 982. The molecule has 0 radical (unpaired) electrons. The molecule has 1 N–H and O–H groups in total. The standard InChI is InChI=1S/C25H24ClNO3/c1-25(19-8-4-2-5-9-19,20-10-6-3-7-11-20)17-27-23(28)16-18-14-21(26)24-22(15-18)29-12-13-30-24/h2-11,14-15H,12-13,16-17H2,1H3,(H,27,28). The summed E-state index contributed by atoms with van der Waals surface area (Å²) < 4.78 is 11.2. The van der Waals surface area contributed by atoms with Crippen LogP contribution >= 0.6 is 11.6 Å². The van der Waals surface area contributed by atoms with Gasteiger partial charge < -0.3 is 14.8 Å². The molecule has 3 aromatic rings. The van der Waals surface area contributed by atoms with Gasteiger partial charge in [0.15, 0.2) is 11.5 Å². The third kappa shape index (κ3) is 4.29. The van der Waals surface area contributed by atoms with E-state index in [1.165, 1.54) is 0 Å². The summed E-state index contributed by atoms with van der Waals surface area (Å²) >= 11 is 6.30. The van der Waals surface area contributed by atoms with E-state index >= 15 is 0 Å². The molecule has 0 spiro atoms. The van der Waals surface area contributed by atoms with Gasteiger partial charge in [-0.15, -0.1) is 0 Å². The molecule has 5 heteroatoms. The molecule has 0 aliphatic carbocycles. The lowest BCUT2D eigenvalue weighted by Crippen LogP contribution is -2.40. The van der Waals surface area contributed by atoms with Gasteiger partial charge in [-0.05, 0) is 35.7 Å². The first-order chi connectivity index (χ1) is 14.6. The molecule has 30 heavy (non-hydrogen) atoms. The number of rotatable bonds is 6. The van der Waals surface area contributed by atoms with E-state index in [0.29, 0.717) is 36.3 Å².